The quantitative estimate of drug-likeness (QED) is 0.210. The lowest BCUT2D eigenvalue weighted by atomic mass is 10.0. The average Bonchev–Trinajstić information content (AvgIpc) is 2.85. The summed E-state index contributed by atoms with van der Waals surface area (Å²) in [7, 11) is 0. The molecular formula is C28H24FIN2O5. The maximum Gasteiger partial charge on any atom is 0.335 e. The maximum absolute atomic E-state index is 14.0. The molecule has 0 aliphatic carbocycles. The Morgan fingerprint density at radius 2 is 1.78 bits per heavy atom. The number of hydrogen-bond acceptors (Lipinski definition) is 5. The summed E-state index contributed by atoms with van der Waals surface area (Å²) in [4.78, 5) is 39.6. The summed E-state index contributed by atoms with van der Waals surface area (Å²) in [5, 5.41) is 2.25. The van der Waals surface area contributed by atoms with Crippen LogP contribution in [0.5, 0.6) is 11.5 Å². The number of amides is 4. The van der Waals surface area contributed by atoms with E-state index in [1.807, 2.05) is 26.8 Å². The van der Waals surface area contributed by atoms with Crippen LogP contribution >= 0.6 is 22.6 Å². The first-order chi connectivity index (χ1) is 17.7. The molecule has 1 aliphatic heterocycles. The molecule has 3 aromatic carbocycles. The van der Waals surface area contributed by atoms with E-state index in [1.54, 1.807) is 42.5 Å². The molecule has 4 amide bonds. The molecule has 0 unspecified atom stereocenters. The SMILES string of the molecule is CCOc1cc(/C=C2\C(=O)NC(=O)N(c3cccc(C)c3C)C2=O)cc(I)c1OCc1ccccc1F. The number of ether oxygens (including phenoxy) is 2. The minimum atomic E-state index is -0.803. The fraction of sp³-hybridized carbons (Fsp3) is 0.179. The van der Waals surface area contributed by atoms with Crippen molar-refractivity contribution in [2.75, 3.05) is 11.5 Å². The van der Waals surface area contributed by atoms with Gasteiger partial charge in [0, 0.05) is 5.56 Å². The zero-order valence-electron chi connectivity index (χ0n) is 20.4. The van der Waals surface area contributed by atoms with E-state index in [1.165, 1.54) is 12.1 Å². The van der Waals surface area contributed by atoms with Crippen molar-refractivity contribution in [2.24, 2.45) is 0 Å². The number of benzene rings is 3. The number of hydrogen-bond donors (Lipinski definition) is 1. The highest BCUT2D eigenvalue weighted by atomic mass is 127. The largest absolute Gasteiger partial charge is 0.490 e. The molecule has 0 radical (unpaired) electrons. The van der Waals surface area contributed by atoms with Gasteiger partial charge in [-0.1, -0.05) is 30.3 Å². The van der Waals surface area contributed by atoms with Crippen LogP contribution in [-0.4, -0.2) is 24.5 Å². The van der Waals surface area contributed by atoms with Crippen molar-refractivity contribution in [3.63, 3.8) is 0 Å². The summed E-state index contributed by atoms with van der Waals surface area (Å²) in [5.74, 6) is -1.09. The van der Waals surface area contributed by atoms with Gasteiger partial charge in [0.1, 0.15) is 18.0 Å². The molecule has 0 atom stereocenters. The minimum Gasteiger partial charge on any atom is -0.490 e. The van der Waals surface area contributed by atoms with Gasteiger partial charge < -0.3 is 9.47 Å². The van der Waals surface area contributed by atoms with Gasteiger partial charge in [0.05, 0.1) is 15.9 Å². The Balaban J connectivity index is 1.69. The fourth-order valence-corrected chi connectivity index (χ4v) is 4.64. The highest BCUT2D eigenvalue weighted by molar-refractivity contribution is 14.1. The Kier molecular flexibility index (Phi) is 7.91. The molecule has 0 aromatic heterocycles. The number of barbiturate groups is 1. The van der Waals surface area contributed by atoms with Crippen LogP contribution in [-0.2, 0) is 16.2 Å². The number of halogens is 2. The third-order valence-electron chi connectivity index (χ3n) is 5.89. The van der Waals surface area contributed by atoms with Gasteiger partial charge in [-0.3, -0.25) is 14.9 Å². The Labute approximate surface area is 227 Å². The molecule has 1 N–H and O–H groups in total. The Morgan fingerprint density at radius 3 is 2.51 bits per heavy atom. The van der Waals surface area contributed by atoms with Gasteiger partial charge in [-0.2, -0.15) is 0 Å². The zero-order chi connectivity index (χ0) is 26.7. The summed E-state index contributed by atoms with van der Waals surface area (Å²) < 4.78 is 26.3. The van der Waals surface area contributed by atoms with E-state index in [4.69, 9.17) is 9.47 Å². The van der Waals surface area contributed by atoms with Crippen molar-refractivity contribution < 1.29 is 28.2 Å². The van der Waals surface area contributed by atoms with E-state index in [0.717, 1.165) is 16.0 Å². The summed E-state index contributed by atoms with van der Waals surface area (Å²) >= 11 is 2.05. The predicted octanol–water partition coefficient (Wildman–Crippen LogP) is 5.69. The van der Waals surface area contributed by atoms with Crippen LogP contribution in [0, 0.1) is 23.2 Å². The van der Waals surface area contributed by atoms with Crippen molar-refractivity contribution >= 4 is 52.2 Å². The van der Waals surface area contributed by atoms with Crippen LogP contribution < -0.4 is 19.7 Å². The maximum atomic E-state index is 14.0. The number of carbonyl (C=O) groups excluding carboxylic acids is 3. The molecule has 9 heteroatoms. The van der Waals surface area contributed by atoms with Gasteiger partial charge in [-0.15, -0.1) is 0 Å². The standard InChI is InChI=1S/C28H24FIN2O5/c1-4-36-24-14-18(13-22(30)25(24)37-15-19-9-5-6-10-21(19)29)12-20-26(33)31-28(35)32(27(20)34)23-11-7-8-16(2)17(23)3/h5-14H,4,15H2,1-3H3,(H,31,33,35)/b20-12+. The molecule has 0 bridgehead atoms. The molecule has 7 nitrogen and oxygen atoms in total. The number of urea groups is 1. The number of carbonyl (C=O) groups is 3. The van der Waals surface area contributed by atoms with Gasteiger partial charge in [-0.05, 0) is 90.4 Å². The number of rotatable bonds is 7. The summed E-state index contributed by atoms with van der Waals surface area (Å²) in [6, 6.07) is 14.2. The number of imide groups is 2. The highest BCUT2D eigenvalue weighted by Crippen LogP contribution is 2.36. The normalized spacial score (nSPS) is 14.7. The fourth-order valence-electron chi connectivity index (χ4n) is 3.86. The highest BCUT2D eigenvalue weighted by Gasteiger charge is 2.37. The average molecular weight is 614 g/mol. The van der Waals surface area contributed by atoms with Crippen molar-refractivity contribution in [3.05, 3.63) is 91.8 Å². The summed E-state index contributed by atoms with van der Waals surface area (Å²) in [5.41, 5.74) is 2.76. The molecule has 1 aliphatic rings. The zero-order valence-corrected chi connectivity index (χ0v) is 22.6. The lowest BCUT2D eigenvalue weighted by Crippen LogP contribution is -2.54. The first kappa shape index (κ1) is 26.3. The second kappa shape index (κ2) is 11.1. The Bertz CT molecular complexity index is 1440. The van der Waals surface area contributed by atoms with Crippen LogP contribution in [0.4, 0.5) is 14.9 Å². The number of aryl methyl sites for hydroxylation is 1. The third kappa shape index (κ3) is 5.51. The molecule has 0 saturated carbocycles. The third-order valence-corrected chi connectivity index (χ3v) is 6.69. The van der Waals surface area contributed by atoms with Crippen LogP contribution in [0.25, 0.3) is 6.08 Å². The van der Waals surface area contributed by atoms with Gasteiger partial charge >= 0.3 is 6.03 Å². The van der Waals surface area contributed by atoms with Gasteiger partial charge in [0.25, 0.3) is 11.8 Å². The number of nitrogens with one attached hydrogen (secondary N) is 1. The molecule has 37 heavy (non-hydrogen) atoms. The molecular weight excluding hydrogens is 590 g/mol. The lowest BCUT2D eigenvalue weighted by Gasteiger charge is -2.28. The van der Waals surface area contributed by atoms with E-state index >= 15 is 0 Å². The minimum absolute atomic E-state index is 0.00298. The van der Waals surface area contributed by atoms with Crippen LogP contribution in [0.2, 0.25) is 0 Å². The van der Waals surface area contributed by atoms with Gasteiger partial charge in [0.2, 0.25) is 0 Å². The lowest BCUT2D eigenvalue weighted by molar-refractivity contribution is -0.122. The van der Waals surface area contributed by atoms with Gasteiger partial charge in [-0.25, -0.2) is 14.1 Å². The van der Waals surface area contributed by atoms with E-state index in [0.29, 0.717) is 38.5 Å². The molecule has 4 rings (SSSR count). The number of nitrogens with zero attached hydrogens (tertiary/aromatic N) is 1. The van der Waals surface area contributed by atoms with E-state index in [9.17, 15) is 18.8 Å². The van der Waals surface area contributed by atoms with Crippen molar-refractivity contribution in [3.8, 4) is 11.5 Å². The molecule has 1 fully saturated rings. The Morgan fingerprint density at radius 1 is 1.03 bits per heavy atom. The molecule has 3 aromatic rings. The Hall–Kier alpha value is -3.73. The second-order valence-corrected chi connectivity index (χ2v) is 9.48. The van der Waals surface area contributed by atoms with Crippen LogP contribution in [0.1, 0.15) is 29.2 Å². The van der Waals surface area contributed by atoms with Crippen molar-refractivity contribution in [2.45, 2.75) is 27.4 Å². The smallest absolute Gasteiger partial charge is 0.335 e. The predicted molar refractivity (Wildman–Crippen MR) is 146 cm³/mol. The van der Waals surface area contributed by atoms with Crippen LogP contribution in [0.15, 0.2) is 60.2 Å². The number of anilines is 1. The van der Waals surface area contributed by atoms with Crippen LogP contribution in [0.3, 0.4) is 0 Å². The second-order valence-electron chi connectivity index (χ2n) is 8.32. The van der Waals surface area contributed by atoms with E-state index in [2.05, 4.69) is 27.9 Å². The van der Waals surface area contributed by atoms with Crippen molar-refractivity contribution in [1.82, 2.24) is 5.32 Å². The monoisotopic (exact) mass is 614 g/mol. The van der Waals surface area contributed by atoms with Crippen molar-refractivity contribution in [1.29, 1.82) is 0 Å². The molecule has 1 heterocycles. The van der Waals surface area contributed by atoms with Gasteiger partial charge in [0.15, 0.2) is 11.5 Å². The molecule has 0 spiro atoms. The summed E-state index contributed by atoms with van der Waals surface area (Å²) in [6.45, 7) is 5.82. The first-order valence-corrected chi connectivity index (χ1v) is 12.6. The van der Waals surface area contributed by atoms with E-state index < -0.39 is 17.8 Å². The van der Waals surface area contributed by atoms with E-state index in [-0.39, 0.29) is 18.0 Å². The molecule has 1 saturated heterocycles. The molecule has 190 valence electrons. The topological polar surface area (TPSA) is 84.9 Å². The first-order valence-electron chi connectivity index (χ1n) is 11.5. The summed E-state index contributed by atoms with van der Waals surface area (Å²) in [6.07, 6.45) is 1.41.